The highest BCUT2D eigenvalue weighted by atomic mass is 35.5. The average Bonchev–Trinajstić information content (AvgIpc) is 2.86. The van der Waals surface area contributed by atoms with E-state index in [1.165, 1.54) is 18.2 Å². The highest BCUT2D eigenvalue weighted by Crippen LogP contribution is 2.28. The molecule has 0 saturated heterocycles. The largest absolute Gasteiger partial charge is 0.481 e. The smallest absolute Gasteiger partial charge is 0.306 e. The minimum Gasteiger partial charge on any atom is -0.481 e. The van der Waals surface area contributed by atoms with Crippen LogP contribution >= 0.6 is 11.6 Å². The first-order chi connectivity index (χ1) is 9.83. The van der Waals surface area contributed by atoms with Crippen LogP contribution < -0.4 is 4.72 Å². The highest BCUT2D eigenvalue weighted by molar-refractivity contribution is 7.89. The topological polar surface area (TPSA) is 107 Å². The SMILES string of the molecule is N#Cc1ccc(Cl)cc1S(=O)(=O)N[C@H]1CC[C@@H](C(=O)O)C1. The molecule has 0 bridgehead atoms. The van der Waals surface area contributed by atoms with Gasteiger partial charge in [0.25, 0.3) is 0 Å². The second-order valence-electron chi connectivity index (χ2n) is 4.92. The Labute approximate surface area is 127 Å². The minimum absolute atomic E-state index is 0.000295. The molecular weight excluding hydrogens is 316 g/mol. The predicted molar refractivity (Wildman–Crippen MR) is 75.3 cm³/mol. The summed E-state index contributed by atoms with van der Waals surface area (Å²) in [4.78, 5) is 10.7. The normalized spacial score (nSPS) is 21.9. The van der Waals surface area contributed by atoms with E-state index in [1.807, 2.05) is 6.07 Å². The molecule has 1 saturated carbocycles. The number of halogens is 1. The van der Waals surface area contributed by atoms with E-state index >= 15 is 0 Å². The fraction of sp³-hybridized carbons (Fsp3) is 0.385. The Balaban J connectivity index is 2.22. The number of hydrogen-bond donors (Lipinski definition) is 2. The van der Waals surface area contributed by atoms with E-state index in [-0.39, 0.29) is 21.9 Å². The molecule has 0 spiro atoms. The van der Waals surface area contributed by atoms with Gasteiger partial charge in [-0.15, -0.1) is 0 Å². The fourth-order valence-corrected chi connectivity index (χ4v) is 4.11. The van der Waals surface area contributed by atoms with Crippen LogP contribution in [-0.4, -0.2) is 25.5 Å². The highest BCUT2D eigenvalue weighted by Gasteiger charge is 2.33. The minimum atomic E-state index is -3.91. The number of nitrogens with zero attached hydrogens (tertiary/aromatic N) is 1. The lowest BCUT2D eigenvalue weighted by atomic mass is 10.1. The Morgan fingerprint density at radius 1 is 1.43 bits per heavy atom. The monoisotopic (exact) mass is 328 g/mol. The molecule has 8 heteroatoms. The lowest BCUT2D eigenvalue weighted by Gasteiger charge is -2.14. The van der Waals surface area contributed by atoms with Crippen molar-refractivity contribution < 1.29 is 18.3 Å². The summed E-state index contributed by atoms with van der Waals surface area (Å²) < 4.78 is 27.1. The van der Waals surface area contributed by atoms with Gasteiger partial charge in [-0.25, -0.2) is 13.1 Å². The van der Waals surface area contributed by atoms with Crippen LogP contribution in [0.2, 0.25) is 5.02 Å². The van der Waals surface area contributed by atoms with E-state index in [0.29, 0.717) is 12.8 Å². The molecule has 1 fully saturated rings. The molecule has 1 aromatic rings. The van der Waals surface area contributed by atoms with Crippen molar-refractivity contribution in [3.63, 3.8) is 0 Å². The first-order valence-electron chi connectivity index (χ1n) is 6.28. The zero-order valence-electron chi connectivity index (χ0n) is 10.9. The molecule has 0 unspecified atom stereocenters. The number of aliphatic carboxylic acids is 1. The van der Waals surface area contributed by atoms with Crippen molar-refractivity contribution in [3.05, 3.63) is 28.8 Å². The van der Waals surface area contributed by atoms with Gasteiger partial charge in [-0.05, 0) is 37.5 Å². The molecule has 0 amide bonds. The Bertz CT molecular complexity index is 711. The van der Waals surface area contributed by atoms with E-state index in [2.05, 4.69) is 4.72 Å². The van der Waals surface area contributed by atoms with Gasteiger partial charge in [0, 0.05) is 11.1 Å². The average molecular weight is 329 g/mol. The Hall–Kier alpha value is -1.62. The van der Waals surface area contributed by atoms with E-state index in [4.69, 9.17) is 22.0 Å². The molecule has 1 aromatic carbocycles. The Morgan fingerprint density at radius 3 is 2.71 bits per heavy atom. The van der Waals surface area contributed by atoms with E-state index in [9.17, 15) is 13.2 Å². The van der Waals surface area contributed by atoms with Gasteiger partial charge in [-0.2, -0.15) is 5.26 Å². The van der Waals surface area contributed by atoms with Crippen molar-refractivity contribution in [1.82, 2.24) is 4.72 Å². The third-order valence-electron chi connectivity index (χ3n) is 3.46. The number of nitrogens with one attached hydrogen (secondary N) is 1. The summed E-state index contributed by atoms with van der Waals surface area (Å²) in [5.74, 6) is -1.45. The van der Waals surface area contributed by atoms with E-state index < -0.39 is 28.0 Å². The molecule has 112 valence electrons. The first-order valence-corrected chi connectivity index (χ1v) is 8.14. The lowest BCUT2D eigenvalue weighted by Crippen LogP contribution is -2.33. The predicted octanol–water partition coefficient (Wildman–Crippen LogP) is 1.74. The number of rotatable bonds is 4. The standard InChI is InChI=1S/C13H13ClN2O4S/c14-10-3-1-9(7-15)12(6-10)21(19,20)16-11-4-2-8(5-11)13(17)18/h1,3,6,8,11,16H,2,4-5H2,(H,17,18)/t8-,11+/m1/s1. The van der Waals surface area contributed by atoms with E-state index in [1.54, 1.807) is 0 Å². The summed E-state index contributed by atoms with van der Waals surface area (Å²) in [6, 6.07) is 5.36. The quantitative estimate of drug-likeness (QED) is 0.875. The number of carboxylic acid groups (broad SMARTS) is 1. The molecular formula is C13H13ClN2O4S. The second-order valence-corrected chi connectivity index (χ2v) is 7.04. The zero-order chi connectivity index (χ0) is 15.6. The van der Waals surface area contributed by atoms with Gasteiger partial charge in [-0.1, -0.05) is 11.6 Å². The third kappa shape index (κ3) is 3.53. The summed E-state index contributed by atoms with van der Waals surface area (Å²) in [6.45, 7) is 0. The molecule has 0 aromatic heterocycles. The number of carbonyl (C=O) groups is 1. The van der Waals surface area contributed by atoms with Crippen LogP contribution in [0.3, 0.4) is 0 Å². The van der Waals surface area contributed by atoms with Crippen LogP contribution in [0.4, 0.5) is 0 Å². The van der Waals surface area contributed by atoms with Gasteiger partial charge in [0.15, 0.2) is 0 Å². The van der Waals surface area contributed by atoms with Gasteiger partial charge in [0.1, 0.15) is 11.0 Å². The molecule has 6 nitrogen and oxygen atoms in total. The molecule has 2 N–H and O–H groups in total. The van der Waals surface area contributed by atoms with Gasteiger partial charge < -0.3 is 5.11 Å². The molecule has 0 heterocycles. The number of hydrogen-bond acceptors (Lipinski definition) is 4. The molecule has 21 heavy (non-hydrogen) atoms. The summed E-state index contributed by atoms with van der Waals surface area (Å²) >= 11 is 5.78. The van der Waals surface area contributed by atoms with Crippen LogP contribution in [-0.2, 0) is 14.8 Å². The molecule has 0 aliphatic heterocycles. The Kier molecular flexibility index (Phi) is 4.52. The van der Waals surface area contributed by atoms with Crippen molar-refractivity contribution in [3.8, 4) is 6.07 Å². The van der Waals surface area contributed by atoms with Gasteiger partial charge in [0.05, 0.1) is 11.5 Å². The number of benzene rings is 1. The van der Waals surface area contributed by atoms with Gasteiger partial charge in [0.2, 0.25) is 10.0 Å². The molecule has 1 aliphatic carbocycles. The van der Waals surface area contributed by atoms with E-state index in [0.717, 1.165) is 0 Å². The summed E-state index contributed by atoms with van der Waals surface area (Å²) in [5, 5.41) is 18.1. The van der Waals surface area contributed by atoms with Crippen molar-refractivity contribution in [2.24, 2.45) is 5.92 Å². The number of nitriles is 1. The Morgan fingerprint density at radius 2 is 2.14 bits per heavy atom. The summed E-state index contributed by atoms with van der Waals surface area (Å²) in [7, 11) is -3.91. The maximum Gasteiger partial charge on any atom is 0.306 e. The molecule has 2 rings (SSSR count). The van der Waals surface area contributed by atoms with Crippen LogP contribution in [0.1, 0.15) is 24.8 Å². The van der Waals surface area contributed by atoms with Crippen molar-refractivity contribution >= 4 is 27.6 Å². The van der Waals surface area contributed by atoms with Crippen molar-refractivity contribution in [1.29, 1.82) is 5.26 Å². The number of carboxylic acids is 1. The maximum atomic E-state index is 12.3. The van der Waals surface area contributed by atoms with Crippen LogP contribution in [0.15, 0.2) is 23.1 Å². The van der Waals surface area contributed by atoms with Crippen LogP contribution in [0, 0.1) is 17.2 Å². The fourth-order valence-electron chi connectivity index (χ4n) is 2.41. The molecule has 1 aliphatic rings. The van der Waals surface area contributed by atoms with Crippen LogP contribution in [0.25, 0.3) is 0 Å². The maximum absolute atomic E-state index is 12.3. The van der Waals surface area contributed by atoms with Gasteiger partial charge >= 0.3 is 5.97 Å². The third-order valence-corrected chi connectivity index (χ3v) is 5.25. The van der Waals surface area contributed by atoms with Gasteiger partial charge in [-0.3, -0.25) is 4.79 Å². The molecule has 0 radical (unpaired) electrons. The summed E-state index contributed by atoms with van der Waals surface area (Å²) in [6.07, 6.45) is 1.14. The lowest BCUT2D eigenvalue weighted by molar-refractivity contribution is -0.141. The first kappa shape index (κ1) is 15.8. The van der Waals surface area contributed by atoms with Crippen LogP contribution in [0.5, 0.6) is 0 Å². The van der Waals surface area contributed by atoms with Crippen molar-refractivity contribution in [2.45, 2.75) is 30.2 Å². The second kappa shape index (κ2) is 6.02. The molecule has 2 atom stereocenters. The van der Waals surface area contributed by atoms with Crippen molar-refractivity contribution in [2.75, 3.05) is 0 Å². The number of sulfonamides is 1. The summed E-state index contributed by atoms with van der Waals surface area (Å²) in [5.41, 5.74) is -0.000295. The zero-order valence-corrected chi connectivity index (χ0v) is 12.5.